The largest absolute Gasteiger partial charge is 1.00 e. The molecule has 0 aliphatic carbocycles. The fourth-order valence-corrected chi connectivity index (χ4v) is 0. The Balaban J connectivity index is -0.0000000160. The first-order valence-electron chi connectivity index (χ1n) is 1.02. The molecule has 0 radical (unpaired) electrons. The van der Waals surface area contributed by atoms with Crippen molar-refractivity contribution in [2.75, 3.05) is 0 Å². The van der Waals surface area contributed by atoms with Gasteiger partial charge in [0, 0.05) is 0 Å². The second kappa shape index (κ2) is 34.4. The SMILES string of the molecule is N#CN.N#CN.[H-].[K+]. The van der Waals surface area contributed by atoms with Crippen molar-refractivity contribution < 1.29 is 52.8 Å². The molecule has 0 aliphatic heterocycles. The van der Waals surface area contributed by atoms with Gasteiger partial charge in [0.1, 0.15) is 0 Å². The van der Waals surface area contributed by atoms with Crippen LogP contribution in [0.4, 0.5) is 0 Å². The molecule has 0 aromatic carbocycles. The quantitative estimate of drug-likeness (QED) is 0.195. The van der Waals surface area contributed by atoms with Gasteiger partial charge in [0.05, 0.1) is 0 Å². The Kier molecular flexibility index (Phi) is 77.2. The van der Waals surface area contributed by atoms with E-state index < -0.39 is 0 Å². The van der Waals surface area contributed by atoms with Gasteiger partial charge in [-0.15, -0.1) is 0 Å². The Morgan fingerprint density at radius 3 is 1.14 bits per heavy atom. The van der Waals surface area contributed by atoms with Crippen LogP contribution in [0.2, 0.25) is 0 Å². The van der Waals surface area contributed by atoms with Crippen molar-refractivity contribution >= 4 is 0 Å². The number of nitrogens with zero attached hydrogens (tertiary/aromatic N) is 2. The number of rotatable bonds is 0. The van der Waals surface area contributed by atoms with Gasteiger partial charge in [0.25, 0.3) is 0 Å². The summed E-state index contributed by atoms with van der Waals surface area (Å²) in [5.41, 5.74) is 8.31. The minimum absolute atomic E-state index is 0. The maximum absolute atomic E-state index is 7.10. The molecule has 5 heteroatoms. The Morgan fingerprint density at radius 1 is 1.14 bits per heavy atom. The van der Waals surface area contributed by atoms with E-state index in [1.54, 1.807) is 0 Å². The molecule has 4 N–H and O–H groups in total. The Morgan fingerprint density at radius 2 is 1.14 bits per heavy atom. The topological polar surface area (TPSA) is 99.6 Å². The van der Waals surface area contributed by atoms with Crippen LogP contribution in [0.25, 0.3) is 0 Å². The molecule has 0 fully saturated rings. The van der Waals surface area contributed by atoms with E-state index in [2.05, 4.69) is 11.5 Å². The fourth-order valence-electron chi connectivity index (χ4n) is 0. The Bertz CT molecular complexity index is 69.0. The van der Waals surface area contributed by atoms with Crippen LogP contribution in [0, 0.1) is 22.9 Å². The predicted octanol–water partition coefficient (Wildman–Crippen LogP) is -4.03. The molecule has 7 heavy (non-hydrogen) atoms. The predicted molar refractivity (Wildman–Crippen MR) is 20.7 cm³/mol. The van der Waals surface area contributed by atoms with Crippen LogP contribution in [0.5, 0.6) is 0 Å². The van der Waals surface area contributed by atoms with Gasteiger partial charge < -0.3 is 12.9 Å². The standard InChI is InChI=1S/2CH2N2.K.H/c2*2-1-3;;/h2*2H2;;/q;;+1;-1. The van der Waals surface area contributed by atoms with E-state index in [0.29, 0.717) is 0 Å². The molecule has 34 valence electrons. The van der Waals surface area contributed by atoms with Crippen molar-refractivity contribution in [2.45, 2.75) is 0 Å². The number of nitrogens with two attached hydrogens (primary N) is 2. The van der Waals surface area contributed by atoms with Crippen LogP contribution in [-0.4, -0.2) is 0 Å². The molecule has 0 spiro atoms. The molecule has 0 aromatic rings. The van der Waals surface area contributed by atoms with Crippen molar-refractivity contribution in [1.82, 2.24) is 0 Å². The summed E-state index contributed by atoms with van der Waals surface area (Å²) in [5, 5.41) is 14.2. The van der Waals surface area contributed by atoms with Gasteiger partial charge in [-0.2, -0.15) is 10.5 Å². The maximum Gasteiger partial charge on any atom is 1.00 e. The molecule has 0 aromatic heterocycles. The average Bonchev–Trinajstić information content (AvgIpc) is 1.39. The van der Waals surface area contributed by atoms with Gasteiger partial charge in [0.15, 0.2) is 12.4 Å². The zero-order chi connectivity index (χ0) is 5.41. The van der Waals surface area contributed by atoms with Crippen LogP contribution in [0.1, 0.15) is 1.43 Å². The molecule has 0 saturated carbocycles. The summed E-state index contributed by atoms with van der Waals surface area (Å²) < 4.78 is 0. The Labute approximate surface area is 86.0 Å². The fraction of sp³-hybridized carbons (Fsp3) is 0. The summed E-state index contributed by atoms with van der Waals surface area (Å²) in [6.07, 6.45) is 2.50. The summed E-state index contributed by atoms with van der Waals surface area (Å²) in [4.78, 5) is 0. The third-order valence-electron chi connectivity index (χ3n) is 0. The van der Waals surface area contributed by atoms with E-state index in [0.717, 1.165) is 0 Å². The van der Waals surface area contributed by atoms with Crippen molar-refractivity contribution in [1.29, 1.82) is 10.5 Å². The molecular formula is C2H5KN4. The minimum Gasteiger partial charge on any atom is -1.00 e. The number of hydrogen-bond donors (Lipinski definition) is 2. The average molecular weight is 124 g/mol. The first-order valence-corrected chi connectivity index (χ1v) is 1.02. The molecule has 0 rings (SSSR count). The zero-order valence-electron chi connectivity index (χ0n) is 5.05. The normalized spacial score (nSPS) is 2.00. The second-order valence-corrected chi connectivity index (χ2v) is 0.258. The van der Waals surface area contributed by atoms with Gasteiger partial charge in [0.2, 0.25) is 0 Å². The zero-order valence-corrected chi connectivity index (χ0v) is 7.17. The molecule has 0 atom stereocenters. The third kappa shape index (κ3) is 2360. The van der Waals surface area contributed by atoms with Gasteiger partial charge in [-0.1, -0.05) is 0 Å². The van der Waals surface area contributed by atoms with E-state index in [1.165, 1.54) is 12.4 Å². The van der Waals surface area contributed by atoms with Crippen molar-refractivity contribution in [3.63, 3.8) is 0 Å². The first kappa shape index (κ1) is 15.7. The Hall–Kier alpha value is 0.216. The van der Waals surface area contributed by atoms with E-state index in [4.69, 9.17) is 10.5 Å². The molecule has 0 aliphatic rings. The van der Waals surface area contributed by atoms with Gasteiger partial charge in [-0.05, 0) is 0 Å². The van der Waals surface area contributed by atoms with Crippen LogP contribution < -0.4 is 62.9 Å². The summed E-state index contributed by atoms with van der Waals surface area (Å²) in [6, 6.07) is 0. The molecule has 0 saturated heterocycles. The third-order valence-corrected chi connectivity index (χ3v) is 0. The van der Waals surface area contributed by atoms with Crippen molar-refractivity contribution in [2.24, 2.45) is 11.5 Å². The van der Waals surface area contributed by atoms with Crippen molar-refractivity contribution in [3.05, 3.63) is 0 Å². The van der Waals surface area contributed by atoms with E-state index >= 15 is 0 Å². The number of hydrogen-bond acceptors (Lipinski definition) is 4. The summed E-state index contributed by atoms with van der Waals surface area (Å²) in [7, 11) is 0. The number of nitriles is 2. The van der Waals surface area contributed by atoms with Gasteiger partial charge in [-0.3, -0.25) is 0 Å². The summed E-state index contributed by atoms with van der Waals surface area (Å²) in [5.74, 6) is 0. The van der Waals surface area contributed by atoms with Crippen molar-refractivity contribution in [3.8, 4) is 12.4 Å². The minimum atomic E-state index is 0. The van der Waals surface area contributed by atoms with Crippen LogP contribution in [0.15, 0.2) is 0 Å². The second-order valence-electron chi connectivity index (χ2n) is 0.258. The smallest absolute Gasteiger partial charge is 1.00 e. The summed E-state index contributed by atoms with van der Waals surface area (Å²) >= 11 is 0. The monoisotopic (exact) mass is 124 g/mol. The van der Waals surface area contributed by atoms with Gasteiger partial charge in [-0.25, -0.2) is 0 Å². The van der Waals surface area contributed by atoms with Crippen LogP contribution in [-0.2, 0) is 0 Å². The maximum atomic E-state index is 7.10. The van der Waals surface area contributed by atoms with Crippen LogP contribution in [0.3, 0.4) is 0 Å². The molecule has 0 bridgehead atoms. The molecular weight excluding hydrogens is 119 g/mol. The molecule has 0 heterocycles. The van der Waals surface area contributed by atoms with Crippen LogP contribution >= 0.6 is 0 Å². The first-order chi connectivity index (χ1) is 2.83. The molecule has 4 nitrogen and oxygen atoms in total. The van der Waals surface area contributed by atoms with E-state index in [-0.39, 0.29) is 52.8 Å². The molecule has 0 amide bonds. The van der Waals surface area contributed by atoms with Gasteiger partial charge >= 0.3 is 51.4 Å². The van der Waals surface area contributed by atoms with E-state index in [1.807, 2.05) is 0 Å². The van der Waals surface area contributed by atoms with E-state index in [9.17, 15) is 0 Å². The molecule has 0 unspecified atom stereocenters. The summed E-state index contributed by atoms with van der Waals surface area (Å²) in [6.45, 7) is 0.